The monoisotopic (exact) mass is 291 g/mol. The molecule has 106 valence electrons. The molecule has 1 aromatic carbocycles. The molecule has 0 aliphatic heterocycles. The molecule has 20 heavy (non-hydrogen) atoms. The van der Waals surface area contributed by atoms with Crippen LogP contribution in [0.5, 0.6) is 5.88 Å². The van der Waals surface area contributed by atoms with Crippen LogP contribution in [0.25, 0.3) is 0 Å². The highest BCUT2D eigenvalue weighted by Gasteiger charge is 2.11. The molecular formula is C14H17N3O2S. The van der Waals surface area contributed by atoms with E-state index in [-0.39, 0.29) is 6.61 Å². The van der Waals surface area contributed by atoms with Crippen LogP contribution in [0, 0.1) is 0 Å². The quantitative estimate of drug-likeness (QED) is 0.850. The number of anilines is 1. The third-order valence-electron chi connectivity index (χ3n) is 3.40. The lowest BCUT2D eigenvalue weighted by molar-refractivity contribution is 0.115. The van der Waals surface area contributed by atoms with E-state index in [2.05, 4.69) is 32.3 Å². The van der Waals surface area contributed by atoms with Gasteiger partial charge in [0.1, 0.15) is 18.9 Å². The lowest BCUT2D eigenvalue weighted by Gasteiger charge is -2.13. The van der Waals surface area contributed by atoms with Crippen LogP contribution in [0.1, 0.15) is 17.5 Å². The molecule has 1 aliphatic carbocycles. The van der Waals surface area contributed by atoms with E-state index in [4.69, 9.17) is 4.74 Å². The number of fused-ring (bicyclic) bond motifs is 1. The van der Waals surface area contributed by atoms with Crippen molar-refractivity contribution in [1.82, 2.24) is 8.75 Å². The van der Waals surface area contributed by atoms with Crippen LogP contribution in [0.4, 0.5) is 5.69 Å². The highest BCUT2D eigenvalue weighted by Crippen LogP contribution is 2.24. The number of benzene rings is 1. The Morgan fingerprint density at radius 1 is 1.35 bits per heavy atom. The first-order valence-electron chi connectivity index (χ1n) is 6.75. The lowest BCUT2D eigenvalue weighted by Crippen LogP contribution is -2.26. The molecule has 2 N–H and O–H groups in total. The van der Waals surface area contributed by atoms with Crippen LogP contribution < -0.4 is 10.1 Å². The summed E-state index contributed by atoms with van der Waals surface area (Å²) in [4.78, 5) is 0. The third kappa shape index (κ3) is 3.26. The molecule has 0 spiro atoms. The SMILES string of the molecule is OC(CNc1ccc2c(c1)CCC2)COc1cnsn1. The smallest absolute Gasteiger partial charge is 0.245 e. The summed E-state index contributed by atoms with van der Waals surface area (Å²) in [7, 11) is 0. The van der Waals surface area contributed by atoms with E-state index in [0.717, 1.165) is 23.8 Å². The number of hydrogen-bond acceptors (Lipinski definition) is 6. The van der Waals surface area contributed by atoms with Gasteiger partial charge in [0.15, 0.2) is 0 Å². The van der Waals surface area contributed by atoms with E-state index in [1.54, 1.807) is 6.20 Å². The standard InChI is InChI=1S/C14H17N3O2S/c18-13(9-19-14-8-16-20-17-14)7-15-12-5-4-10-2-1-3-11(10)6-12/h4-6,8,13,15,18H,1-3,7,9H2. The maximum atomic E-state index is 9.87. The highest BCUT2D eigenvalue weighted by molar-refractivity contribution is 6.99. The van der Waals surface area contributed by atoms with Crippen LogP contribution in [-0.2, 0) is 12.8 Å². The summed E-state index contributed by atoms with van der Waals surface area (Å²) in [6, 6.07) is 6.43. The van der Waals surface area contributed by atoms with E-state index in [1.165, 1.54) is 24.0 Å². The number of hydrogen-bond donors (Lipinski definition) is 2. The summed E-state index contributed by atoms with van der Waals surface area (Å²) < 4.78 is 13.1. The molecule has 1 atom stereocenters. The average molecular weight is 291 g/mol. The first-order valence-corrected chi connectivity index (χ1v) is 7.48. The predicted octanol–water partition coefficient (Wildman–Crippen LogP) is 1.88. The minimum atomic E-state index is -0.579. The predicted molar refractivity (Wildman–Crippen MR) is 78.4 cm³/mol. The lowest BCUT2D eigenvalue weighted by atomic mass is 10.1. The van der Waals surface area contributed by atoms with Gasteiger partial charge in [0, 0.05) is 12.2 Å². The largest absolute Gasteiger partial charge is 0.473 e. The highest BCUT2D eigenvalue weighted by atomic mass is 32.1. The van der Waals surface area contributed by atoms with E-state index < -0.39 is 6.10 Å². The van der Waals surface area contributed by atoms with Crippen LogP contribution in [0.3, 0.4) is 0 Å². The number of rotatable bonds is 6. The fourth-order valence-corrected chi connectivity index (χ4v) is 2.74. The Labute approximate surface area is 121 Å². The Morgan fingerprint density at radius 2 is 2.25 bits per heavy atom. The fourth-order valence-electron chi connectivity index (χ4n) is 2.38. The van der Waals surface area contributed by atoms with E-state index >= 15 is 0 Å². The average Bonchev–Trinajstić information content (AvgIpc) is 3.13. The van der Waals surface area contributed by atoms with Gasteiger partial charge in [0.05, 0.1) is 11.7 Å². The van der Waals surface area contributed by atoms with Gasteiger partial charge in [-0.2, -0.15) is 4.37 Å². The summed E-state index contributed by atoms with van der Waals surface area (Å²) in [6.45, 7) is 0.666. The number of nitrogens with one attached hydrogen (secondary N) is 1. The number of aromatic nitrogens is 2. The normalized spacial score (nSPS) is 14.8. The minimum absolute atomic E-state index is 0.212. The zero-order valence-corrected chi connectivity index (χ0v) is 11.9. The maximum Gasteiger partial charge on any atom is 0.245 e. The Morgan fingerprint density at radius 3 is 3.10 bits per heavy atom. The van der Waals surface area contributed by atoms with Crippen molar-refractivity contribution in [3.05, 3.63) is 35.5 Å². The van der Waals surface area contributed by atoms with E-state index in [9.17, 15) is 5.11 Å². The Balaban J connectivity index is 1.46. The number of aliphatic hydroxyl groups excluding tert-OH is 1. The second-order valence-electron chi connectivity index (χ2n) is 4.93. The number of ether oxygens (including phenoxy) is 1. The third-order valence-corrected chi connectivity index (χ3v) is 3.87. The van der Waals surface area contributed by atoms with Crippen LogP contribution in [0.15, 0.2) is 24.4 Å². The van der Waals surface area contributed by atoms with Gasteiger partial charge in [-0.25, -0.2) is 0 Å². The molecule has 0 amide bonds. The van der Waals surface area contributed by atoms with Crippen LogP contribution in [-0.4, -0.2) is 33.1 Å². The van der Waals surface area contributed by atoms with Crippen molar-refractivity contribution in [2.45, 2.75) is 25.4 Å². The number of aryl methyl sites for hydroxylation is 2. The molecule has 1 heterocycles. The van der Waals surface area contributed by atoms with Gasteiger partial charge in [-0.3, -0.25) is 0 Å². The van der Waals surface area contributed by atoms with Crippen LogP contribution >= 0.6 is 11.7 Å². The molecule has 0 fully saturated rings. The van der Waals surface area contributed by atoms with E-state index in [1.807, 2.05) is 0 Å². The molecule has 2 aromatic rings. The Bertz CT molecular complexity index is 560. The van der Waals surface area contributed by atoms with Crippen molar-refractivity contribution in [2.24, 2.45) is 0 Å². The number of nitrogens with zero attached hydrogens (tertiary/aromatic N) is 2. The second-order valence-corrected chi connectivity index (χ2v) is 5.49. The molecule has 1 aromatic heterocycles. The van der Waals surface area contributed by atoms with Gasteiger partial charge < -0.3 is 15.2 Å². The molecule has 0 saturated carbocycles. The second kappa shape index (κ2) is 6.19. The Hall–Kier alpha value is -1.66. The van der Waals surface area contributed by atoms with E-state index in [0.29, 0.717) is 12.4 Å². The van der Waals surface area contributed by atoms with Gasteiger partial charge in [-0.1, -0.05) is 6.07 Å². The van der Waals surface area contributed by atoms with Gasteiger partial charge in [-0.05, 0) is 42.5 Å². The first-order chi connectivity index (χ1) is 9.81. The molecule has 0 saturated heterocycles. The Kier molecular flexibility index (Phi) is 4.13. The van der Waals surface area contributed by atoms with Crippen molar-refractivity contribution in [1.29, 1.82) is 0 Å². The molecule has 5 nitrogen and oxygen atoms in total. The minimum Gasteiger partial charge on any atom is -0.473 e. The van der Waals surface area contributed by atoms with Crippen molar-refractivity contribution in [2.75, 3.05) is 18.5 Å². The topological polar surface area (TPSA) is 67.3 Å². The van der Waals surface area contributed by atoms with Gasteiger partial charge in [-0.15, -0.1) is 4.37 Å². The molecular weight excluding hydrogens is 274 g/mol. The summed E-state index contributed by atoms with van der Waals surface area (Å²) in [6.07, 6.45) is 4.56. The van der Waals surface area contributed by atoms with Crippen LogP contribution in [0.2, 0.25) is 0 Å². The summed E-state index contributed by atoms with van der Waals surface area (Å²) in [5, 5.41) is 13.1. The number of aliphatic hydroxyl groups is 1. The summed E-state index contributed by atoms with van der Waals surface area (Å²) in [5.74, 6) is 0.464. The molecule has 0 radical (unpaired) electrons. The van der Waals surface area contributed by atoms with Crippen molar-refractivity contribution in [3.8, 4) is 5.88 Å². The summed E-state index contributed by atoms with van der Waals surface area (Å²) >= 11 is 1.09. The molecule has 0 bridgehead atoms. The van der Waals surface area contributed by atoms with Gasteiger partial charge in [0.25, 0.3) is 0 Å². The maximum absolute atomic E-state index is 9.87. The molecule has 6 heteroatoms. The van der Waals surface area contributed by atoms with Crippen molar-refractivity contribution >= 4 is 17.4 Å². The zero-order chi connectivity index (χ0) is 13.8. The zero-order valence-electron chi connectivity index (χ0n) is 11.1. The van der Waals surface area contributed by atoms with Gasteiger partial charge >= 0.3 is 0 Å². The first kappa shape index (κ1) is 13.3. The molecule has 1 unspecified atom stereocenters. The molecule has 3 rings (SSSR count). The van der Waals surface area contributed by atoms with Crippen molar-refractivity contribution < 1.29 is 9.84 Å². The summed E-state index contributed by atoms with van der Waals surface area (Å²) in [5.41, 5.74) is 3.93. The van der Waals surface area contributed by atoms with Crippen molar-refractivity contribution in [3.63, 3.8) is 0 Å². The van der Waals surface area contributed by atoms with Gasteiger partial charge in [0.2, 0.25) is 5.88 Å². The fraction of sp³-hybridized carbons (Fsp3) is 0.429. The molecule has 1 aliphatic rings.